The van der Waals surface area contributed by atoms with Crippen LogP contribution < -0.4 is 0 Å². The van der Waals surface area contributed by atoms with Crippen molar-refractivity contribution in [1.82, 2.24) is 9.97 Å². The van der Waals surface area contributed by atoms with Crippen LogP contribution in [0.1, 0.15) is 18.1 Å². The number of aromatic nitrogens is 2. The second-order valence-electron chi connectivity index (χ2n) is 10.7. The maximum atomic E-state index is 6.03. The van der Waals surface area contributed by atoms with Gasteiger partial charge in [0.15, 0.2) is 5.82 Å². The van der Waals surface area contributed by atoms with Crippen LogP contribution in [-0.2, 0) is 0 Å². The molecular formula is C40H29N3O. The maximum absolute atomic E-state index is 6.03. The normalized spacial score (nSPS) is 12.1. The standard InChI is InChI=1S/C40H29N3O/c1-27(32-21-22-39-35(24-32)34-15-9-10-16-38(34)44-39)23-33(26-41-2)28-17-19-30(20-18-28)37-25-36(29-11-5-3-6-12-29)42-40(43-37)31-13-7-4-8-14-31/h3-26H,2H2,1H3/b27-23+,33-26+. The van der Waals surface area contributed by atoms with E-state index in [-0.39, 0.29) is 0 Å². The van der Waals surface area contributed by atoms with Gasteiger partial charge in [0.2, 0.25) is 0 Å². The zero-order chi connectivity index (χ0) is 29.9. The highest BCUT2D eigenvalue weighted by Crippen LogP contribution is 2.33. The van der Waals surface area contributed by atoms with Gasteiger partial charge in [-0.3, -0.25) is 4.99 Å². The first-order valence-electron chi connectivity index (χ1n) is 14.5. The second kappa shape index (κ2) is 11.8. The molecule has 7 rings (SSSR count). The molecule has 0 amide bonds. The van der Waals surface area contributed by atoms with Gasteiger partial charge in [0.1, 0.15) is 11.2 Å². The van der Waals surface area contributed by atoms with Crippen molar-refractivity contribution in [2.75, 3.05) is 0 Å². The summed E-state index contributed by atoms with van der Waals surface area (Å²) < 4.78 is 6.03. The lowest BCUT2D eigenvalue weighted by molar-refractivity contribution is 0.669. The molecule has 0 bridgehead atoms. The topological polar surface area (TPSA) is 51.3 Å². The monoisotopic (exact) mass is 567 g/mol. The molecule has 4 heteroatoms. The number of para-hydroxylation sites is 1. The quantitative estimate of drug-likeness (QED) is 0.142. The van der Waals surface area contributed by atoms with Crippen LogP contribution in [0.4, 0.5) is 0 Å². The molecule has 0 unspecified atom stereocenters. The van der Waals surface area contributed by atoms with Crippen molar-refractivity contribution in [3.05, 3.63) is 157 Å². The van der Waals surface area contributed by atoms with Gasteiger partial charge in [-0.2, -0.15) is 0 Å². The van der Waals surface area contributed by atoms with E-state index in [2.05, 4.69) is 85.4 Å². The van der Waals surface area contributed by atoms with Crippen molar-refractivity contribution < 1.29 is 4.42 Å². The Morgan fingerprint density at radius 2 is 1.20 bits per heavy atom. The lowest BCUT2D eigenvalue weighted by Gasteiger charge is -2.10. The van der Waals surface area contributed by atoms with Crippen LogP contribution in [0.5, 0.6) is 0 Å². The fourth-order valence-electron chi connectivity index (χ4n) is 5.48. The molecule has 0 fully saturated rings. The molecular weight excluding hydrogens is 538 g/mol. The summed E-state index contributed by atoms with van der Waals surface area (Å²) in [5, 5.41) is 2.23. The third-order valence-corrected chi connectivity index (χ3v) is 7.78. The molecule has 5 aromatic carbocycles. The highest BCUT2D eigenvalue weighted by Gasteiger charge is 2.12. The summed E-state index contributed by atoms with van der Waals surface area (Å²) in [4.78, 5) is 14.0. The van der Waals surface area contributed by atoms with Crippen LogP contribution in [-0.4, -0.2) is 16.7 Å². The van der Waals surface area contributed by atoms with Crippen LogP contribution in [0.2, 0.25) is 0 Å². The third kappa shape index (κ3) is 5.37. The number of aliphatic imine (C=N–C) groups is 1. The number of allylic oxidation sites excluding steroid dienone is 3. The number of furan rings is 1. The zero-order valence-corrected chi connectivity index (χ0v) is 24.3. The third-order valence-electron chi connectivity index (χ3n) is 7.78. The Morgan fingerprint density at radius 3 is 1.91 bits per heavy atom. The minimum absolute atomic E-state index is 0.698. The Bertz CT molecular complexity index is 2120. The fraction of sp³-hybridized carbons (Fsp3) is 0.0250. The molecule has 2 heterocycles. The lowest BCUT2D eigenvalue weighted by atomic mass is 9.98. The van der Waals surface area contributed by atoms with Crippen molar-refractivity contribution in [2.24, 2.45) is 4.99 Å². The summed E-state index contributed by atoms with van der Waals surface area (Å²) in [7, 11) is 0. The van der Waals surface area contributed by atoms with Crippen molar-refractivity contribution in [1.29, 1.82) is 0 Å². The SMILES string of the molecule is C=N/C=C(\C=C(/C)c1ccc2oc3ccccc3c2c1)c1ccc(-c2cc(-c3ccccc3)nc(-c3ccccc3)n2)cc1. The van der Waals surface area contributed by atoms with Gasteiger partial charge in [-0.15, -0.1) is 0 Å². The van der Waals surface area contributed by atoms with E-state index in [9.17, 15) is 0 Å². The highest BCUT2D eigenvalue weighted by atomic mass is 16.3. The van der Waals surface area contributed by atoms with Gasteiger partial charge in [-0.05, 0) is 60.7 Å². The predicted molar refractivity (Wildman–Crippen MR) is 183 cm³/mol. The molecule has 0 aliphatic rings. The number of nitrogens with zero attached hydrogens (tertiary/aromatic N) is 3. The number of hydrogen-bond acceptors (Lipinski definition) is 4. The Labute approximate surface area is 256 Å². The number of hydrogen-bond donors (Lipinski definition) is 0. The molecule has 0 N–H and O–H groups in total. The van der Waals surface area contributed by atoms with Crippen molar-refractivity contribution >= 4 is 39.8 Å². The molecule has 44 heavy (non-hydrogen) atoms. The summed E-state index contributed by atoms with van der Waals surface area (Å²) >= 11 is 0. The number of benzene rings is 5. The van der Waals surface area contributed by atoms with Crippen LogP contribution in [0.15, 0.2) is 155 Å². The first kappa shape index (κ1) is 27.0. The molecule has 0 aliphatic carbocycles. The minimum atomic E-state index is 0.698. The largest absolute Gasteiger partial charge is 0.456 e. The molecule has 210 valence electrons. The van der Waals surface area contributed by atoms with Crippen molar-refractivity contribution in [2.45, 2.75) is 6.92 Å². The average molecular weight is 568 g/mol. The van der Waals surface area contributed by atoms with Crippen LogP contribution in [0.25, 0.3) is 67.0 Å². The first-order valence-corrected chi connectivity index (χ1v) is 14.5. The van der Waals surface area contributed by atoms with Crippen LogP contribution >= 0.6 is 0 Å². The second-order valence-corrected chi connectivity index (χ2v) is 10.7. The maximum Gasteiger partial charge on any atom is 0.160 e. The predicted octanol–water partition coefficient (Wildman–Crippen LogP) is 10.5. The van der Waals surface area contributed by atoms with E-state index < -0.39 is 0 Å². The molecule has 0 radical (unpaired) electrons. The van der Waals surface area contributed by atoms with E-state index in [1.165, 1.54) is 0 Å². The number of rotatable bonds is 7. The fourth-order valence-corrected chi connectivity index (χ4v) is 5.48. The lowest BCUT2D eigenvalue weighted by Crippen LogP contribution is -1.96. The zero-order valence-electron chi connectivity index (χ0n) is 24.3. The van der Waals surface area contributed by atoms with Gasteiger partial charge in [0, 0.05) is 39.2 Å². The molecule has 2 aromatic heterocycles. The molecule has 0 spiro atoms. The van der Waals surface area contributed by atoms with Gasteiger partial charge in [-0.1, -0.05) is 109 Å². The summed E-state index contributed by atoms with van der Waals surface area (Å²) in [6, 6.07) is 45.3. The molecule has 7 aromatic rings. The van der Waals surface area contributed by atoms with E-state index >= 15 is 0 Å². The highest BCUT2D eigenvalue weighted by molar-refractivity contribution is 6.06. The minimum Gasteiger partial charge on any atom is -0.456 e. The Morgan fingerprint density at radius 1 is 0.614 bits per heavy atom. The van der Waals surface area contributed by atoms with Crippen LogP contribution in [0.3, 0.4) is 0 Å². The Balaban J connectivity index is 1.24. The van der Waals surface area contributed by atoms with E-state index in [0.717, 1.165) is 72.3 Å². The Kier molecular flexibility index (Phi) is 7.23. The van der Waals surface area contributed by atoms with Gasteiger partial charge >= 0.3 is 0 Å². The van der Waals surface area contributed by atoms with Crippen molar-refractivity contribution in [3.63, 3.8) is 0 Å². The van der Waals surface area contributed by atoms with Gasteiger partial charge in [-0.25, -0.2) is 9.97 Å². The molecule has 4 nitrogen and oxygen atoms in total. The Hall–Kier alpha value is -5.87. The van der Waals surface area contributed by atoms with Crippen molar-refractivity contribution in [3.8, 4) is 33.9 Å². The molecule has 0 saturated heterocycles. The van der Waals surface area contributed by atoms with Gasteiger partial charge < -0.3 is 4.42 Å². The molecule has 0 atom stereocenters. The van der Waals surface area contributed by atoms with Crippen LogP contribution in [0, 0.1) is 0 Å². The summed E-state index contributed by atoms with van der Waals surface area (Å²) in [6.45, 7) is 5.85. The summed E-state index contributed by atoms with van der Waals surface area (Å²) in [5.74, 6) is 0.698. The average Bonchev–Trinajstić information content (AvgIpc) is 3.47. The smallest absolute Gasteiger partial charge is 0.160 e. The van der Waals surface area contributed by atoms with E-state index in [1.54, 1.807) is 6.20 Å². The van der Waals surface area contributed by atoms with Gasteiger partial charge in [0.25, 0.3) is 0 Å². The van der Waals surface area contributed by atoms with Gasteiger partial charge in [0.05, 0.1) is 11.4 Å². The van der Waals surface area contributed by atoms with E-state index in [1.807, 2.05) is 72.8 Å². The summed E-state index contributed by atoms with van der Waals surface area (Å²) in [6.07, 6.45) is 3.95. The summed E-state index contributed by atoms with van der Waals surface area (Å²) in [5.41, 5.74) is 10.8. The molecule has 0 saturated carbocycles. The molecule has 0 aliphatic heterocycles. The first-order chi connectivity index (χ1) is 21.7. The number of fused-ring (bicyclic) bond motifs is 3. The van der Waals surface area contributed by atoms with E-state index in [4.69, 9.17) is 14.4 Å². The van der Waals surface area contributed by atoms with E-state index in [0.29, 0.717) is 5.82 Å².